The number of hydrogen-bond donors (Lipinski definition) is 2. The fourth-order valence-electron chi connectivity index (χ4n) is 1.51. The lowest BCUT2D eigenvalue weighted by Gasteiger charge is -2.16. The first-order valence-corrected chi connectivity index (χ1v) is 6.19. The van der Waals surface area contributed by atoms with Gasteiger partial charge >= 0.3 is 0 Å². The number of hydrogen-bond acceptors (Lipinski definition) is 7. The van der Waals surface area contributed by atoms with Crippen LogP contribution < -0.4 is 20.9 Å². The number of anilines is 5. The summed E-state index contributed by atoms with van der Waals surface area (Å²) in [4.78, 5) is 16.8. The fraction of sp³-hybridized carbons (Fsp3) is 0.308. The molecule has 0 aliphatic rings. The second-order valence-corrected chi connectivity index (χ2v) is 4.79. The number of benzene rings is 1. The van der Waals surface area contributed by atoms with Crippen LogP contribution in [0.5, 0.6) is 0 Å². The monoisotopic (exact) mass is 273 g/mol. The summed E-state index contributed by atoms with van der Waals surface area (Å²) in [7, 11) is 7.56. The van der Waals surface area contributed by atoms with Gasteiger partial charge in [-0.1, -0.05) is 0 Å². The van der Waals surface area contributed by atoms with Gasteiger partial charge in [-0.15, -0.1) is 0 Å². The average Bonchev–Trinajstić information content (AvgIpc) is 2.41. The number of nitrogens with two attached hydrogens (primary N) is 1. The predicted molar refractivity (Wildman–Crippen MR) is 82.6 cm³/mol. The van der Waals surface area contributed by atoms with Crippen molar-refractivity contribution >= 4 is 29.2 Å². The van der Waals surface area contributed by atoms with Gasteiger partial charge < -0.3 is 20.9 Å². The van der Waals surface area contributed by atoms with Crippen molar-refractivity contribution in [3.05, 3.63) is 24.3 Å². The van der Waals surface area contributed by atoms with Gasteiger partial charge in [-0.05, 0) is 24.3 Å². The van der Waals surface area contributed by atoms with E-state index < -0.39 is 0 Å². The highest BCUT2D eigenvalue weighted by Gasteiger charge is 2.09. The third-order valence-electron chi connectivity index (χ3n) is 2.58. The summed E-state index contributed by atoms with van der Waals surface area (Å²) in [5.74, 6) is 1.69. The number of nitrogens with one attached hydrogen (secondary N) is 1. The summed E-state index contributed by atoms with van der Waals surface area (Å²) in [6, 6.07) is 7.40. The van der Waals surface area contributed by atoms with E-state index in [0.29, 0.717) is 23.5 Å². The Morgan fingerprint density at radius 2 is 1.35 bits per heavy atom. The maximum absolute atomic E-state index is 5.67. The van der Waals surface area contributed by atoms with Crippen LogP contribution in [0.3, 0.4) is 0 Å². The molecule has 1 heterocycles. The van der Waals surface area contributed by atoms with Crippen LogP contribution in [0.1, 0.15) is 0 Å². The molecule has 0 atom stereocenters. The zero-order valence-corrected chi connectivity index (χ0v) is 12.1. The van der Waals surface area contributed by atoms with Gasteiger partial charge in [-0.2, -0.15) is 15.0 Å². The van der Waals surface area contributed by atoms with Crippen LogP contribution in [0, 0.1) is 0 Å². The van der Waals surface area contributed by atoms with Crippen molar-refractivity contribution < 1.29 is 0 Å². The zero-order chi connectivity index (χ0) is 14.7. The first-order chi connectivity index (χ1) is 9.45. The van der Waals surface area contributed by atoms with Crippen molar-refractivity contribution in [2.45, 2.75) is 0 Å². The van der Waals surface area contributed by atoms with E-state index in [4.69, 9.17) is 5.73 Å². The number of rotatable bonds is 4. The zero-order valence-electron chi connectivity index (χ0n) is 12.1. The van der Waals surface area contributed by atoms with Crippen LogP contribution in [0.15, 0.2) is 24.3 Å². The largest absolute Gasteiger partial charge is 0.399 e. The minimum absolute atomic E-state index is 0.497. The number of nitrogen functional groups attached to an aromatic ring is 1. The Labute approximate surface area is 118 Å². The quantitative estimate of drug-likeness (QED) is 0.813. The van der Waals surface area contributed by atoms with E-state index in [0.717, 1.165) is 5.69 Å². The molecule has 0 saturated heterocycles. The molecule has 106 valence electrons. The Morgan fingerprint density at radius 3 is 1.80 bits per heavy atom. The molecule has 7 heteroatoms. The first-order valence-electron chi connectivity index (χ1n) is 6.19. The van der Waals surface area contributed by atoms with Crippen LogP contribution in [-0.4, -0.2) is 43.1 Å². The van der Waals surface area contributed by atoms with Crippen LogP contribution in [0.2, 0.25) is 0 Å². The normalized spacial score (nSPS) is 10.2. The molecular weight excluding hydrogens is 254 g/mol. The van der Waals surface area contributed by atoms with Gasteiger partial charge in [0.15, 0.2) is 0 Å². The molecule has 1 aromatic carbocycles. The van der Waals surface area contributed by atoms with Crippen LogP contribution >= 0.6 is 0 Å². The molecule has 2 aromatic rings. The van der Waals surface area contributed by atoms with Gasteiger partial charge in [-0.25, -0.2) is 0 Å². The van der Waals surface area contributed by atoms with Gasteiger partial charge in [0.05, 0.1) is 0 Å². The van der Waals surface area contributed by atoms with Gasteiger partial charge in [0.25, 0.3) is 0 Å². The summed E-state index contributed by atoms with van der Waals surface area (Å²) >= 11 is 0. The van der Waals surface area contributed by atoms with Crippen LogP contribution in [0.25, 0.3) is 0 Å². The summed E-state index contributed by atoms with van der Waals surface area (Å²) in [6.45, 7) is 0. The molecule has 0 unspecified atom stereocenters. The molecule has 0 fully saturated rings. The van der Waals surface area contributed by atoms with Crippen molar-refractivity contribution in [3.63, 3.8) is 0 Å². The number of aromatic nitrogens is 3. The van der Waals surface area contributed by atoms with Gasteiger partial charge in [-0.3, -0.25) is 0 Å². The smallest absolute Gasteiger partial charge is 0.233 e. The number of nitrogens with zero attached hydrogens (tertiary/aromatic N) is 5. The molecule has 3 N–H and O–H groups in total. The van der Waals surface area contributed by atoms with Crippen molar-refractivity contribution in [3.8, 4) is 0 Å². The molecule has 0 aliphatic heterocycles. The molecule has 0 bridgehead atoms. The molecule has 20 heavy (non-hydrogen) atoms. The third kappa shape index (κ3) is 3.25. The molecule has 0 aliphatic carbocycles. The third-order valence-corrected chi connectivity index (χ3v) is 2.58. The lowest BCUT2D eigenvalue weighted by Crippen LogP contribution is -2.19. The minimum Gasteiger partial charge on any atom is -0.399 e. The molecule has 7 nitrogen and oxygen atoms in total. The van der Waals surface area contributed by atoms with Crippen molar-refractivity contribution in [1.82, 2.24) is 15.0 Å². The summed E-state index contributed by atoms with van der Waals surface area (Å²) in [5, 5.41) is 3.15. The van der Waals surface area contributed by atoms with Crippen molar-refractivity contribution in [2.24, 2.45) is 0 Å². The minimum atomic E-state index is 0.497. The van der Waals surface area contributed by atoms with E-state index in [1.165, 1.54) is 0 Å². The maximum atomic E-state index is 5.67. The van der Waals surface area contributed by atoms with Gasteiger partial charge in [0.2, 0.25) is 17.8 Å². The van der Waals surface area contributed by atoms with Gasteiger partial charge in [0.1, 0.15) is 0 Å². The highest BCUT2D eigenvalue weighted by atomic mass is 15.3. The van der Waals surface area contributed by atoms with Crippen LogP contribution in [-0.2, 0) is 0 Å². The second kappa shape index (κ2) is 5.60. The van der Waals surface area contributed by atoms with E-state index >= 15 is 0 Å². The lowest BCUT2D eigenvalue weighted by molar-refractivity contribution is 0.920. The van der Waals surface area contributed by atoms with Gasteiger partial charge in [0, 0.05) is 39.6 Å². The predicted octanol–water partition coefficient (Wildman–Crippen LogP) is 1.33. The molecule has 1 aromatic heterocycles. The summed E-state index contributed by atoms with van der Waals surface area (Å²) in [5.41, 5.74) is 7.26. The van der Waals surface area contributed by atoms with Crippen molar-refractivity contribution in [2.75, 3.05) is 49.0 Å². The van der Waals surface area contributed by atoms with E-state index in [1.807, 2.05) is 62.3 Å². The van der Waals surface area contributed by atoms with E-state index in [-0.39, 0.29) is 0 Å². The average molecular weight is 273 g/mol. The Kier molecular flexibility index (Phi) is 3.88. The standard InChI is InChI=1S/C13H19N7/c1-19(2)12-16-11(17-13(18-12)20(3)4)15-10-7-5-9(14)6-8-10/h5-8H,14H2,1-4H3,(H,15,16,17,18). The Morgan fingerprint density at radius 1 is 0.850 bits per heavy atom. The van der Waals surface area contributed by atoms with E-state index in [9.17, 15) is 0 Å². The topological polar surface area (TPSA) is 83.2 Å². The summed E-state index contributed by atoms with van der Waals surface area (Å²) in [6.07, 6.45) is 0. The lowest BCUT2D eigenvalue weighted by atomic mass is 10.3. The first kappa shape index (κ1) is 13.9. The molecule has 0 radical (unpaired) electrons. The Balaban J connectivity index is 2.32. The molecule has 0 spiro atoms. The van der Waals surface area contributed by atoms with Crippen molar-refractivity contribution in [1.29, 1.82) is 0 Å². The molecule has 0 amide bonds. The highest BCUT2D eigenvalue weighted by Crippen LogP contribution is 2.18. The highest BCUT2D eigenvalue weighted by molar-refractivity contribution is 5.58. The second-order valence-electron chi connectivity index (χ2n) is 4.79. The van der Waals surface area contributed by atoms with E-state index in [1.54, 1.807) is 0 Å². The summed E-state index contributed by atoms with van der Waals surface area (Å²) < 4.78 is 0. The van der Waals surface area contributed by atoms with Crippen LogP contribution in [0.4, 0.5) is 29.2 Å². The maximum Gasteiger partial charge on any atom is 0.233 e. The SMILES string of the molecule is CN(C)c1nc(Nc2ccc(N)cc2)nc(N(C)C)n1. The van der Waals surface area contributed by atoms with E-state index in [2.05, 4.69) is 20.3 Å². The fourth-order valence-corrected chi connectivity index (χ4v) is 1.51. The Hall–Kier alpha value is -2.57. The molecular formula is C13H19N7. The molecule has 0 saturated carbocycles. The Bertz CT molecular complexity index is 552. The molecule has 2 rings (SSSR count).